The second-order valence-corrected chi connectivity index (χ2v) is 6.37. The molecular weight excluding hydrogens is 264 g/mol. The van der Waals surface area contributed by atoms with Crippen molar-refractivity contribution < 1.29 is 4.79 Å². The summed E-state index contributed by atoms with van der Waals surface area (Å²) < 4.78 is 0. The van der Waals surface area contributed by atoms with Gasteiger partial charge in [-0.3, -0.25) is 9.69 Å². The first-order chi connectivity index (χ1) is 10.1. The third-order valence-corrected chi connectivity index (χ3v) is 4.42. The molecule has 0 unspecified atom stereocenters. The highest BCUT2D eigenvalue weighted by Gasteiger charge is 2.23. The van der Waals surface area contributed by atoms with Crippen molar-refractivity contribution in [1.29, 1.82) is 0 Å². The van der Waals surface area contributed by atoms with E-state index in [1.54, 1.807) is 0 Å². The summed E-state index contributed by atoms with van der Waals surface area (Å²) in [7, 11) is 0. The van der Waals surface area contributed by atoms with Crippen molar-refractivity contribution in [3.8, 4) is 0 Å². The molecule has 0 bridgehead atoms. The number of nitrogens with zero attached hydrogens (tertiary/aromatic N) is 4. The molecule has 1 aromatic heterocycles. The zero-order valence-electron chi connectivity index (χ0n) is 13.0. The van der Waals surface area contributed by atoms with Gasteiger partial charge in [0, 0.05) is 51.3 Å². The van der Waals surface area contributed by atoms with Gasteiger partial charge in [0.15, 0.2) is 0 Å². The summed E-state index contributed by atoms with van der Waals surface area (Å²) in [6.07, 6.45) is 4.76. The Balaban J connectivity index is 1.60. The van der Waals surface area contributed by atoms with Crippen LogP contribution in [0.1, 0.15) is 49.7 Å². The van der Waals surface area contributed by atoms with Crippen LogP contribution in [0.2, 0.25) is 0 Å². The summed E-state index contributed by atoms with van der Waals surface area (Å²) in [5.74, 6) is 1.62. The van der Waals surface area contributed by atoms with E-state index >= 15 is 0 Å². The number of hydrogen-bond acceptors (Lipinski definition) is 4. The van der Waals surface area contributed by atoms with Gasteiger partial charge in [-0.05, 0) is 18.4 Å². The van der Waals surface area contributed by atoms with Gasteiger partial charge >= 0.3 is 0 Å². The van der Waals surface area contributed by atoms with Gasteiger partial charge in [-0.2, -0.15) is 0 Å². The Labute approximate surface area is 126 Å². The van der Waals surface area contributed by atoms with Crippen LogP contribution in [0.5, 0.6) is 0 Å². The van der Waals surface area contributed by atoms with E-state index in [2.05, 4.69) is 23.7 Å². The minimum absolute atomic E-state index is 0.317. The quantitative estimate of drug-likeness (QED) is 0.844. The number of hydrogen-bond donors (Lipinski definition) is 0. The van der Waals surface area contributed by atoms with Crippen LogP contribution < -0.4 is 0 Å². The van der Waals surface area contributed by atoms with Crippen LogP contribution in [-0.4, -0.2) is 51.9 Å². The van der Waals surface area contributed by atoms with Crippen molar-refractivity contribution in [3.63, 3.8) is 0 Å². The molecule has 1 aromatic rings. The number of fused-ring (bicyclic) bond motifs is 1. The lowest BCUT2D eigenvalue weighted by Crippen LogP contribution is -2.38. The number of carbonyl (C=O) groups is 1. The van der Waals surface area contributed by atoms with E-state index in [4.69, 9.17) is 4.98 Å². The van der Waals surface area contributed by atoms with Crippen molar-refractivity contribution in [2.75, 3.05) is 26.2 Å². The predicted octanol–water partition coefficient (Wildman–Crippen LogP) is 1.58. The van der Waals surface area contributed by atoms with Gasteiger partial charge in [0.25, 0.3) is 0 Å². The summed E-state index contributed by atoms with van der Waals surface area (Å²) in [5, 5.41) is 0. The average Bonchev–Trinajstić information content (AvgIpc) is 2.89. The molecule has 0 aliphatic carbocycles. The van der Waals surface area contributed by atoms with Gasteiger partial charge in [-0.25, -0.2) is 9.97 Å². The van der Waals surface area contributed by atoms with E-state index < -0.39 is 0 Å². The van der Waals surface area contributed by atoms with E-state index in [-0.39, 0.29) is 0 Å². The molecule has 1 saturated heterocycles. The maximum absolute atomic E-state index is 11.7. The van der Waals surface area contributed by atoms with Gasteiger partial charge in [0.1, 0.15) is 5.82 Å². The van der Waals surface area contributed by atoms with Gasteiger partial charge < -0.3 is 4.90 Å². The molecule has 3 rings (SSSR count). The smallest absolute Gasteiger partial charge is 0.222 e. The van der Waals surface area contributed by atoms with E-state index in [1.165, 1.54) is 11.3 Å². The number of amides is 1. The molecule has 114 valence electrons. The summed E-state index contributed by atoms with van der Waals surface area (Å²) in [6.45, 7) is 8.92. The van der Waals surface area contributed by atoms with Crippen molar-refractivity contribution in [2.24, 2.45) is 0 Å². The molecule has 5 nitrogen and oxygen atoms in total. The highest BCUT2D eigenvalue weighted by Crippen LogP contribution is 2.19. The maximum atomic E-state index is 11.7. The highest BCUT2D eigenvalue weighted by atomic mass is 16.2. The molecule has 2 aliphatic heterocycles. The average molecular weight is 288 g/mol. The minimum Gasteiger partial charge on any atom is -0.341 e. The van der Waals surface area contributed by atoms with Gasteiger partial charge in [-0.1, -0.05) is 13.8 Å². The van der Waals surface area contributed by atoms with Gasteiger partial charge in [0.05, 0.1) is 5.69 Å². The number of carbonyl (C=O) groups excluding carboxylic acids is 1. The molecule has 2 aliphatic rings. The normalized spacial score (nSPS) is 19.4. The van der Waals surface area contributed by atoms with Crippen LogP contribution in [0.3, 0.4) is 0 Å². The van der Waals surface area contributed by atoms with Crippen LogP contribution in [0.15, 0.2) is 6.20 Å². The summed E-state index contributed by atoms with van der Waals surface area (Å²) in [4.78, 5) is 25.2. The standard InChI is InChI=1S/C16H24N4O/c1-12(2)16-17-10-13-5-7-19(11-14(13)18-16)8-9-20-6-3-4-15(20)21/h10,12H,3-9,11H2,1-2H3. The van der Waals surface area contributed by atoms with Crippen LogP contribution in [0, 0.1) is 0 Å². The van der Waals surface area contributed by atoms with Crippen LogP contribution >= 0.6 is 0 Å². The Morgan fingerprint density at radius 2 is 2.10 bits per heavy atom. The molecular formula is C16H24N4O. The summed E-state index contributed by atoms with van der Waals surface area (Å²) in [5.41, 5.74) is 2.46. The minimum atomic E-state index is 0.317. The molecule has 5 heteroatoms. The molecule has 0 radical (unpaired) electrons. The zero-order valence-corrected chi connectivity index (χ0v) is 13.0. The first kappa shape index (κ1) is 14.4. The fraction of sp³-hybridized carbons (Fsp3) is 0.688. The lowest BCUT2D eigenvalue weighted by molar-refractivity contribution is -0.127. The first-order valence-corrected chi connectivity index (χ1v) is 7.98. The van der Waals surface area contributed by atoms with Crippen LogP contribution in [0.4, 0.5) is 0 Å². The van der Waals surface area contributed by atoms with Gasteiger partial charge in [0.2, 0.25) is 5.91 Å². The maximum Gasteiger partial charge on any atom is 0.222 e. The second kappa shape index (κ2) is 6.10. The van der Waals surface area contributed by atoms with Crippen molar-refractivity contribution in [3.05, 3.63) is 23.3 Å². The lowest BCUT2D eigenvalue weighted by Gasteiger charge is -2.29. The van der Waals surface area contributed by atoms with Gasteiger partial charge in [-0.15, -0.1) is 0 Å². The lowest BCUT2D eigenvalue weighted by atomic mass is 10.1. The van der Waals surface area contributed by atoms with Crippen molar-refractivity contribution in [2.45, 2.75) is 45.6 Å². The largest absolute Gasteiger partial charge is 0.341 e. The SMILES string of the molecule is CC(C)c1ncc2c(n1)CN(CCN1CCCC1=O)CC2. The fourth-order valence-corrected chi connectivity index (χ4v) is 3.04. The summed E-state index contributed by atoms with van der Waals surface area (Å²) in [6, 6.07) is 0. The Morgan fingerprint density at radius 3 is 2.81 bits per heavy atom. The molecule has 21 heavy (non-hydrogen) atoms. The van der Waals surface area contributed by atoms with E-state index in [1.807, 2.05) is 11.1 Å². The van der Waals surface area contributed by atoms with Crippen molar-refractivity contribution in [1.82, 2.24) is 19.8 Å². The Bertz CT molecular complexity index is 529. The molecule has 0 atom stereocenters. The highest BCUT2D eigenvalue weighted by molar-refractivity contribution is 5.78. The molecule has 0 N–H and O–H groups in total. The summed E-state index contributed by atoms with van der Waals surface area (Å²) >= 11 is 0. The van der Waals surface area contributed by atoms with E-state index in [9.17, 15) is 4.79 Å². The number of aromatic nitrogens is 2. The first-order valence-electron chi connectivity index (χ1n) is 7.98. The Morgan fingerprint density at radius 1 is 1.24 bits per heavy atom. The zero-order chi connectivity index (χ0) is 14.8. The van der Waals surface area contributed by atoms with E-state index in [0.29, 0.717) is 11.8 Å². The molecule has 0 aromatic carbocycles. The number of likely N-dealkylation sites (tertiary alicyclic amines) is 1. The van der Waals surface area contributed by atoms with E-state index in [0.717, 1.165) is 57.8 Å². The number of rotatable bonds is 4. The molecule has 3 heterocycles. The molecule has 0 spiro atoms. The second-order valence-electron chi connectivity index (χ2n) is 6.37. The fourth-order valence-electron chi connectivity index (χ4n) is 3.04. The predicted molar refractivity (Wildman–Crippen MR) is 80.9 cm³/mol. The Hall–Kier alpha value is -1.49. The van der Waals surface area contributed by atoms with Crippen LogP contribution in [-0.2, 0) is 17.8 Å². The third-order valence-electron chi connectivity index (χ3n) is 4.42. The monoisotopic (exact) mass is 288 g/mol. The van der Waals surface area contributed by atoms with Crippen molar-refractivity contribution >= 4 is 5.91 Å². The topological polar surface area (TPSA) is 49.3 Å². The molecule has 1 amide bonds. The Kier molecular flexibility index (Phi) is 4.19. The third kappa shape index (κ3) is 3.23. The molecule has 1 fully saturated rings. The van der Waals surface area contributed by atoms with Crippen LogP contribution in [0.25, 0.3) is 0 Å². The molecule has 0 saturated carbocycles.